The molecule has 0 aliphatic rings. The molecule has 8 nitrogen and oxygen atoms in total. The van der Waals surface area contributed by atoms with E-state index >= 15 is 0 Å². The summed E-state index contributed by atoms with van der Waals surface area (Å²) < 4.78 is 34.1. The van der Waals surface area contributed by atoms with E-state index < -0.39 is 42.2 Å². The predicted molar refractivity (Wildman–Crippen MR) is 41.3 cm³/mol. The smallest absolute Gasteiger partial charge is 0.759 e. The van der Waals surface area contributed by atoms with Crippen molar-refractivity contribution in [3.63, 3.8) is 0 Å². The zero-order valence-electron chi connectivity index (χ0n) is 9.16. The van der Waals surface area contributed by atoms with Crippen LogP contribution in [0.4, 0.5) is 0 Å². The van der Waals surface area contributed by atoms with E-state index in [0.717, 1.165) is 0 Å². The average molecular weight is 310 g/mol. The van der Waals surface area contributed by atoms with Crippen molar-refractivity contribution in [1.29, 1.82) is 0 Å². The van der Waals surface area contributed by atoms with Crippen LogP contribution in [0, 0.1) is 5.41 Å². The Kier molecular flexibility index (Phi) is 24.6. The van der Waals surface area contributed by atoms with E-state index in [1.165, 1.54) is 0 Å². The fourth-order valence-corrected chi connectivity index (χ4v) is 0.300. The molecule has 0 atom stereocenters. The molecule has 0 fully saturated rings. The number of aliphatic hydroxyl groups excluding tert-OH is 4. The van der Waals surface area contributed by atoms with Crippen molar-refractivity contribution in [3.05, 3.63) is 0 Å². The summed E-state index contributed by atoms with van der Waals surface area (Å²) in [4.78, 5) is 0. The Hall–Kier alpha value is 2.98. The van der Waals surface area contributed by atoms with Gasteiger partial charge in [-0.1, -0.05) is 0 Å². The first kappa shape index (κ1) is 27.3. The third-order valence-corrected chi connectivity index (χ3v) is 1.34. The van der Waals surface area contributed by atoms with Crippen LogP contribution < -0.4 is 103 Å². The first-order valence-electron chi connectivity index (χ1n) is 3.35. The molecule has 11 heteroatoms. The van der Waals surface area contributed by atoms with Crippen LogP contribution in [-0.2, 0) is 10.4 Å². The monoisotopic (exact) mass is 310 g/mol. The van der Waals surface area contributed by atoms with E-state index in [1.54, 1.807) is 0 Å². The van der Waals surface area contributed by atoms with Crippen molar-refractivity contribution >= 4 is 10.4 Å². The van der Waals surface area contributed by atoms with Crippen molar-refractivity contribution in [1.82, 2.24) is 0 Å². The third kappa shape index (κ3) is 19.3. The van der Waals surface area contributed by atoms with Gasteiger partial charge in [0, 0.05) is 10.4 Å². The van der Waals surface area contributed by atoms with Crippen LogP contribution in [0.2, 0.25) is 0 Å². The predicted octanol–water partition coefficient (Wildman–Crippen LogP) is -9.39. The molecule has 0 saturated heterocycles. The van der Waals surface area contributed by atoms with Gasteiger partial charge in [-0.3, -0.25) is 8.42 Å². The maximum atomic E-state index is 8.52. The topological polar surface area (TPSA) is 161 Å². The molecule has 0 amide bonds. The summed E-state index contributed by atoms with van der Waals surface area (Å²) in [6, 6.07) is 0. The van der Waals surface area contributed by atoms with E-state index in [2.05, 4.69) is 0 Å². The SMILES string of the molecule is O=S(=O)([O-])[O-].OCC(CO)(CO)CO.[K+].[K+]. The molecule has 0 rings (SSSR count). The van der Waals surface area contributed by atoms with Crippen LogP contribution in [0.15, 0.2) is 0 Å². The Balaban J connectivity index is -0.0000000904. The molecule has 0 radical (unpaired) electrons. The molecule has 0 unspecified atom stereocenters. The molecular weight excluding hydrogens is 298 g/mol. The zero-order valence-corrected chi connectivity index (χ0v) is 16.2. The second kappa shape index (κ2) is 14.4. The summed E-state index contributed by atoms with van der Waals surface area (Å²) in [6.07, 6.45) is 0. The fraction of sp³-hybridized carbons (Fsp3) is 1.00. The Morgan fingerprint density at radius 2 is 0.938 bits per heavy atom. The molecule has 0 bridgehead atoms. The van der Waals surface area contributed by atoms with Gasteiger partial charge in [-0.2, -0.15) is 0 Å². The number of hydrogen-bond acceptors (Lipinski definition) is 8. The second-order valence-corrected chi connectivity index (χ2v) is 3.36. The van der Waals surface area contributed by atoms with Gasteiger partial charge in [0.1, 0.15) is 0 Å². The summed E-state index contributed by atoms with van der Waals surface area (Å²) >= 11 is 0. The van der Waals surface area contributed by atoms with Crippen molar-refractivity contribution in [3.8, 4) is 0 Å². The van der Waals surface area contributed by atoms with Crippen LogP contribution in [0.3, 0.4) is 0 Å². The minimum absolute atomic E-state index is 0. The molecule has 4 N–H and O–H groups in total. The maximum Gasteiger partial charge on any atom is 1.00 e. The van der Waals surface area contributed by atoms with Gasteiger partial charge < -0.3 is 29.5 Å². The zero-order chi connectivity index (χ0) is 11.8. The number of hydrogen-bond donors (Lipinski definition) is 4. The van der Waals surface area contributed by atoms with Crippen molar-refractivity contribution < 1.29 is 141 Å². The molecule has 88 valence electrons. The normalized spacial score (nSPS) is 10.4. The average Bonchev–Trinajstić information content (AvgIpc) is 2.07. The Bertz CT molecular complexity index is 201. The molecule has 0 saturated carbocycles. The van der Waals surface area contributed by atoms with Gasteiger partial charge in [0.2, 0.25) is 0 Å². The number of aliphatic hydroxyl groups is 4. The Morgan fingerprint density at radius 3 is 0.938 bits per heavy atom. The Labute approximate surface area is 179 Å². The molecule has 0 heterocycles. The quantitative estimate of drug-likeness (QED) is 0.226. The molecular formula is C5H12K2O8S. The summed E-state index contributed by atoms with van der Waals surface area (Å²) in [5.74, 6) is 0. The molecule has 0 aliphatic heterocycles. The van der Waals surface area contributed by atoms with E-state index in [-0.39, 0.29) is 103 Å². The Morgan fingerprint density at radius 1 is 0.812 bits per heavy atom. The minimum atomic E-state index is -5.17. The second-order valence-electron chi connectivity index (χ2n) is 2.54. The number of rotatable bonds is 4. The van der Waals surface area contributed by atoms with Gasteiger partial charge in [-0.25, -0.2) is 0 Å². The largest absolute Gasteiger partial charge is 1.00 e. The molecule has 0 spiro atoms. The van der Waals surface area contributed by atoms with E-state index in [4.69, 9.17) is 37.9 Å². The van der Waals surface area contributed by atoms with E-state index in [1.807, 2.05) is 0 Å². The molecule has 16 heavy (non-hydrogen) atoms. The van der Waals surface area contributed by atoms with Gasteiger partial charge in [-0.05, 0) is 0 Å². The summed E-state index contributed by atoms with van der Waals surface area (Å²) in [6.45, 7) is -1.62. The van der Waals surface area contributed by atoms with Crippen molar-refractivity contribution in [2.45, 2.75) is 0 Å². The summed E-state index contributed by atoms with van der Waals surface area (Å²) in [5, 5.41) is 34.0. The molecule has 0 aromatic carbocycles. The van der Waals surface area contributed by atoms with Gasteiger partial charge >= 0.3 is 103 Å². The van der Waals surface area contributed by atoms with Crippen LogP contribution in [0.5, 0.6) is 0 Å². The molecule has 0 aliphatic carbocycles. The van der Waals surface area contributed by atoms with Gasteiger partial charge in [0.05, 0.1) is 31.8 Å². The van der Waals surface area contributed by atoms with E-state index in [9.17, 15) is 0 Å². The van der Waals surface area contributed by atoms with Crippen LogP contribution in [0.1, 0.15) is 0 Å². The fourth-order valence-electron chi connectivity index (χ4n) is 0.300. The van der Waals surface area contributed by atoms with Crippen LogP contribution in [0.25, 0.3) is 0 Å². The van der Waals surface area contributed by atoms with Crippen molar-refractivity contribution in [2.24, 2.45) is 5.41 Å². The third-order valence-electron chi connectivity index (χ3n) is 1.34. The van der Waals surface area contributed by atoms with Crippen molar-refractivity contribution in [2.75, 3.05) is 26.4 Å². The molecule has 0 aromatic rings. The summed E-state index contributed by atoms with van der Waals surface area (Å²) in [7, 11) is -5.17. The van der Waals surface area contributed by atoms with Gasteiger partial charge in [0.25, 0.3) is 0 Å². The standard InChI is InChI=1S/C5H12O4.2K.H2O4S/c6-1-5(2-7,3-8)4-9;;;1-5(2,3)4/h6-9H,1-4H2;;;(H2,1,2,3,4)/q;2*+1;/p-2. The van der Waals surface area contributed by atoms with Crippen LogP contribution in [-0.4, -0.2) is 64.4 Å². The van der Waals surface area contributed by atoms with Gasteiger partial charge in [-0.15, -0.1) is 0 Å². The first-order chi connectivity index (χ1) is 6.24. The molecule has 0 aromatic heterocycles. The summed E-state index contributed by atoms with van der Waals surface area (Å²) in [5.41, 5.74) is -1.11. The van der Waals surface area contributed by atoms with E-state index in [0.29, 0.717) is 0 Å². The maximum absolute atomic E-state index is 8.52. The minimum Gasteiger partial charge on any atom is -0.759 e. The van der Waals surface area contributed by atoms with Gasteiger partial charge in [0.15, 0.2) is 0 Å². The first-order valence-corrected chi connectivity index (χ1v) is 4.68. The van der Waals surface area contributed by atoms with Crippen LogP contribution >= 0.6 is 0 Å².